The number of nitrogens with one attached hydrogen (secondary N) is 1. The summed E-state index contributed by atoms with van der Waals surface area (Å²) in [4.78, 5) is 31.6. The Bertz CT molecular complexity index is 1100. The first-order valence-corrected chi connectivity index (χ1v) is 9.82. The van der Waals surface area contributed by atoms with Crippen LogP contribution in [0, 0.1) is 6.92 Å². The van der Waals surface area contributed by atoms with Crippen LogP contribution in [0.4, 0.5) is 11.4 Å². The van der Waals surface area contributed by atoms with E-state index in [0.29, 0.717) is 23.3 Å². The monoisotopic (exact) mass is 392 g/mol. The number of carbonyl (C=O) groups excluding carboxylic acids is 1. The zero-order chi connectivity index (χ0) is 20.4. The lowest BCUT2D eigenvalue weighted by atomic mass is 10.1. The topological polar surface area (TPSA) is 76.5 Å². The fourth-order valence-corrected chi connectivity index (χ4v) is 3.61. The van der Waals surface area contributed by atoms with E-state index in [-0.39, 0.29) is 11.5 Å². The normalized spacial score (nSPS) is 14.2. The molecule has 1 aliphatic heterocycles. The molecule has 1 aromatic heterocycles. The van der Waals surface area contributed by atoms with Gasteiger partial charge in [0, 0.05) is 36.6 Å². The van der Waals surface area contributed by atoms with Gasteiger partial charge in [-0.05, 0) is 56.3 Å². The molecule has 2 heterocycles. The third-order valence-corrected chi connectivity index (χ3v) is 5.19. The summed E-state index contributed by atoms with van der Waals surface area (Å²) in [6.45, 7) is 7.38. The lowest BCUT2D eigenvalue weighted by molar-refractivity contribution is 0.102. The van der Waals surface area contributed by atoms with Crippen LogP contribution >= 0.6 is 0 Å². The molecule has 0 bridgehead atoms. The number of hydrogen-bond acceptors (Lipinski definition) is 5. The van der Waals surface area contributed by atoms with E-state index in [2.05, 4.69) is 15.2 Å². The Labute approximate surface area is 168 Å². The van der Waals surface area contributed by atoms with E-state index in [1.165, 1.54) is 0 Å². The summed E-state index contributed by atoms with van der Waals surface area (Å²) in [6, 6.07) is 13.1. The van der Waals surface area contributed by atoms with Crippen LogP contribution in [-0.2, 0) is 11.3 Å². The molecule has 7 heteroatoms. The Morgan fingerprint density at radius 2 is 1.86 bits per heavy atom. The number of aromatic nitrogens is 2. The van der Waals surface area contributed by atoms with Crippen LogP contribution in [0.3, 0.4) is 0 Å². The second-order valence-corrected chi connectivity index (χ2v) is 7.05. The van der Waals surface area contributed by atoms with Crippen LogP contribution in [0.2, 0.25) is 0 Å². The molecule has 1 fully saturated rings. The molecule has 1 N–H and O–H groups in total. The predicted octanol–water partition coefficient (Wildman–Crippen LogP) is 2.81. The lowest BCUT2D eigenvalue weighted by Gasteiger charge is -2.28. The quantitative estimate of drug-likeness (QED) is 0.739. The highest BCUT2D eigenvalue weighted by atomic mass is 16.5. The number of nitrogens with zero attached hydrogens (tertiary/aromatic N) is 3. The number of fused-ring (bicyclic) bond motifs is 1. The van der Waals surface area contributed by atoms with Crippen LogP contribution in [0.1, 0.15) is 23.0 Å². The van der Waals surface area contributed by atoms with E-state index in [1.54, 1.807) is 29.7 Å². The summed E-state index contributed by atoms with van der Waals surface area (Å²) in [5, 5.41) is 2.93. The van der Waals surface area contributed by atoms with Crippen LogP contribution in [0.25, 0.3) is 11.0 Å². The maximum Gasteiger partial charge on any atom is 0.272 e. The largest absolute Gasteiger partial charge is 0.378 e. The summed E-state index contributed by atoms with van der Waals surface area (Å²) in [6.07, 6.45) is 0. The van der Waals surface area contributed by atoms with Crippen LogP contribution in [-0.4, -0.2) is 41.8 Å². The Morgan fingerprint density at radius 1 is 1.14 bits per heavy atom. The average molecular weight is 392 g/mol. The number of anilines is 2. The molecule has 29 heavy (non-hydrogen) atoms. The van der Waals surface area contributed by atoms with Crippen molar-refractivity contribution < 1.29 is 9.53 Å². The Balaban J connectivity index is 1.54. The van der Waals surface area contributed by atoms with Gasteiger partial charge >= 0.3 is 0 Å². The van der Waals surface area contributed by atoms with E-state index < -0.39 is 0 Å². The summed E-state index contributed by atoms with van der Waals surface area (Å²) < 4.78 is 7.05. The van der Waals surface area contributed by atoms with Gasteiger partial charge in [0.25, 0.3) is 11.5 Å². The molecule has 1 aliphatic rings. The van der Waals surface area contributed by atoms with Crippen molar-refractivity contribution in [2.24, 2.45) is 0 Å². The van der Waals surface area contributed by atoms with Gasteiger partial charge in [0.15, 0.2) is 0 Å². The number of benzene rings is 2. The third kappa shape index (κ3) is 3.86. The number of aryl methyl sites for hydroxylation is 2. The molecular formula is C22H24N4O3. The number of amides is 1. The number of rotatable bonds is 4. The van der Waals surface area contributed by atoms with E-state index in [0.717, 1.165) is 43.2 Å². The minimum Gasteiger partial charge on any atom is -0.378 e. The van der Waals surface area contributed by atoms with Crippen LogP contribution < -0.4 is 15.8 Å². The number of morpholine rings is 1. The highest BCUT2D eigenvalue weighted by Gasteiger charge is 2.13. The zero-order valence-corrected chi connectivity index (χ0v) is 16.6. The van der Waals surface area contributed by atoms with Gasteiger partial charge in [-0.1, -0.05) is 0 Å². The minimum atomic E-state index is -0.209. The standard InChI is InChI=1S/C22H24N4O3/c1-3-26-20-9-4-16(14-19(20)23-15(2)22(26)28)21(27)24-17-5-7-18(8-6-17)25-10-12-29-13-11-25/h4-9,14H,3,10-13H2,1-2H3,(H,24,27). The smallest absolute Gasteiger partial charge is 0.272 e. The fourth-order valence-electron chi connectivity index (χ4n) is 3.61. The molecule has 0 unspecified atom stereocenters. The first-order valence-electron chi connectivity index (χ1n) is 9.82. The first-order chi connectivity index (χ1) is 14.1. The van der Waals surface area contributed by atoms with Gasteiger partial charge < -0.3 is 19.5 Å². The first kappa shape index (κ1) is 19.1. The van der Waals surface area contributed by atoms with Crippen molar-refractivity contribution in [3.63, 3.8) is 0 Å². The minimum absolute atomic E-state index is 0.0995. The summed E-state index contributed by atoms with van der Waals surface area (Å²) >= 11 is 0. The fraction of sp³-hybridized carbons (Fsp3) is 0.318. The molecule has 150 valence electrons. The van der Waals surface area contributed by atoms with Gasteiger partial charge in [-0.25, -0.2) is 4.98 Å². The van der Waals surface area contributed by atoms with E-state index in [9.17, 15) is 9.59 Å². The van der Waals surface area contributed by atoms with Crippen molar-refractivity contribution in [3.8, 4) is 0 Å². The molecule has 1 saturated heterocycles. The molecule has 0 aliphatic carbocycles. The third-order valence-electron chi connectivity index (χ3n) is 5.19. The Morgan fingerprint density at radius 3 is 2.55 bits per heavy atom. The molecule has 3 aromatic rings. The number of hydrogen-bond donors (Lipinski definition) is 1. The van der Waals surface area contributed by atoms with Gasteiger partial charge in [0.1, 0.15) is 5.69 Å². The van der Waals surface area contributed by atoms with Crippen molar-refractivity contribution in [3.05, 3.63) is 64.1 Å². The zero-order valence-electron chi connectivity index (χ0n) is 16.6. The van der Waals surface area contributed by atoms with Crippen molar-refractivity contribution in [1.82, 2.24) is 9.55 Å². The van der Waals surface area contributed by atoms with Gasteiger partial charge in [0.2, 0.25) is 0 Å². The van der Waals surface area contributed by atoms with Gasteiger partial charge in [-0.3, -0.25) is 9.59 Å². The second kappa shape index (κ2) is 8.05. The van der Waals surface area contributed by atoms with Crippen LogP contribution in [0.5, 0.6) is 0 Å². The predicted molar refractivity (Wildman–Crippen MR) is 114 cm³/mol. The summed E-state index contributed by atoms with van der Waals surface area (Å²) in [5.74, 6) is -0.209. The van der Waals surface area contributed by atoms with Gasteiger partial charge in [-0.2, -0.15) is 0 Å². The molecule has 0 atom stereocenters. The summed E-state index contributed by atoms with van der Waals surface area (Å²) in [7, 11) is 0. The Kier molecular flexibility index (Phi) is 5.31. The second-order valence-electron chi connectivity index (χ2n) is 7.05. The molecule has 0 radical (unpaired) electrons. The maximum absolute atomic E-state index is 12.7. The molecule has 7 nitrogen and oxygen atoms in total. The highest BCUT2D eigenvalue weighted by Crippen LogP contribution is 2.20. The van der Waals surface area contributed by atoms with Crippen LogP contribution in [0.15, 0.2) is 47.3 Å². The average Bonchev–Trinajstić information content (AvgIpc) is 2.75. The Hall–Kier alpha value is -3.19. The molecule has 1 amide bonds. The number of carbonyl (C=O) groups is 1. The number of ether oxygens (including phenoxy) is 1. The molecule has 2 aromatic carbocycles. The van der Waals surface area contributed by atoms with Gasteiger partial charge in [-0.15, -0.1) is 0 Å². The summed E-state index contributed by atoms with van der Waals surface area (Å²) in [5.41, 5.74) is 4.05. The highest BCUT2D eigenvalue weighted by molar-refractivity contribution is 6.06. The lowest BCUT2D eigenvalue weighted by Crippen LogP contribution is -2.36. The van der Waals surface area contributed by atoms with Gasteiger partial charge in [0.05, 0.1) is 24.2 Å². The van der Waals surface area contributed by atoms with Crippen molar-refractivity contribution >= 4 is 28.3 Å². The SMILES string of the molecule is CCn1c(=O)c(C)nc2cc(C(=O)Nc3ccc(N4CCOCC4)cc3)ccc21. The van der Waals surface area contributed by atoms with E-state index in [1.807, 2.05) is 31.2 Å². The van der Waals surface area contributed by atoms with Crippen molar-refractivity contribution in [1.29, 1.82) is 0 Å². The molecule has 0 saturated carbocycles. The van der Waals surface area contributed by atoms with E-state index >= 15 is 0 Å². The molecule has 0 spiro atoms. The van der Waals surface area contributed by atoms with Crippen molar-refractivity contribution in [2.75, 3.05) is 36.5 Å². The molecular weight excluding hydrogens is 368 g/mol. The maximum atomic E-state index is 12.7. The van der Waals surface area contributed by atoms with E-state index in [4.69, 9.17) is 4.74 Å². The van der Waals surface area contributed by atoms with Crippen molar-refractivity contribution in [2.45, 2.75) is 20.4 Å². The molecule has 4 rings (SSSR count).